The Hall–Kier alpha value is -3.25. The molecule has 4 aromatic heterocycles. The van der Waals surface area contributed by atoms with Crippen molar-refractivity contribution in [3.63, 3.8) is 0 Å². The number of imidazole rings is 1. The van der Waals surface area contributed by atoms with Crippen molar-refractivity contribution in [2.45, 2.75) is 5.92 Å². The number of hydrogen-bond acceptors (Lipinski definition) is 4. The van der Waals surface area contributed by atoms with Crippen molar-refractivity contribution in [3.05, 3.63) is 78.5 Å². The molecule has 0 aliphatic rings. The van der Waals surface area contributed by atoms with Crippen LogP contribution in [-0.2, 0) is 5.92 Å². The second-order valence-electron chi connectivity index (χ2n) is 7.14. The molecule has 0 saturated carbocycles. The van der Waals surface area contributed by atoms with Crippen molar-refractivity contribution < 1.29 is 8.78 Å². The highest BCUT2D eigenvalue weighted by atomic mass is 31.1. The Labute approximate surface area is 172 Å². The van der Waals surface area contributed by atoms with Crippen LogP contribution in [0, 0.1) is 0 Å². The van der Waals surface area contributed by atoms with E-state index in [0.29, 0.717) is 11.3 Å². The summed E-state index contributed by atoms with van der Waals surface area (Å²) in [5, 5.41) is 13.3. The molecule has 0 spiro atoms. The van der Waals surface area contributed by atoms with Crippen LogP contribution >= 0.6 is 7.92 Å². The third-order valence-corrected chi connectivity index (χ3v) is 6.31. The van der Waals surface area contributed by atoms with E-state index in [-0.39, 0.29) is 19.1 Å². The Morgan fingerprint density at radius 3 is 2.43 bits per heavy atom. The first-order valence-electron chi connectivity index (χ1n) is 9.25. The Morgan fingerprint density at radius 1 is 0.900 bits per heavy atom. The van der Waals surface area contributed by atoms with Gasteiger partial charge >= 0.3 is 5.92 Å². The Morgan fingerprint density at radius 2 is 1.67 bits per heavy atom. The highest BCUT2D eigenvalue weighted by Crippen LogP contribution is 2.34. The van der Waals surface area contributed by atoms with E-state index in [1.165, 1.54) is 17.6 Å². The highest BCUT2D eigenvalue weighted by molar-refractivity contribution is 7.64. The summed E-state index contributed by atoms with van der Waals surface area (Å²) in [5.74, 6) is -3.91. The molecular formula is C21H17F2N6P. The van der Waals surface area contributed by atoms with E-state index < -0.39 is 11.7 Å². The normalized spacial score (nSPS) is 12.3. The third-order valence-electron chi connectivity index (χ3n) is 4.97. The highest BCUT2D eigenvalue weighted by Gasteiger charge is 2.40. The van der Waals surface area contributed by atoms with Crippen molar-refractivity contribution >= 4 is 24.5 Å². The molecule has 0 fully saturated rings. The molecule has 0 unspecified atom stereocenters. The standard InChI is InChI=1S/C21H17F2N6P/c1-30(2)16-6-3-14(4-7-16)17-8-10-19-25-26-20(29(19)27-17)21(22,23)15-5-9-18-24-11-12-28(18)13-15/h3-13H,1-2H3. The van der Waals surface area contributed by atoms with Crippen LogP contribution in [0.1, 0.15) is 11.4 Å². The fraction of sp³-hybridized carbons (Fsp3) is 0.143. The first-order chi connectivity index (χ1) is 14.4. The molecule has 0 saturated heterocycles. The molecule has 0 radical (unpaired) electrons. The summed E-state index contributed by atoms with van der Waals surface area (Å²) in [6, 6.07) is 14.3. The first kappa shape index (κ1) is 18.8. The van der Waals surface area contributed by atoms with Gasteiger partial charge in [0.25, 0.3) is 0 Å². The van der Waals surface area contributed by atoms with E-state index in [0.717, 1.165) is 10.1 Å². The largest absolute Gasteiger partial charge is 0.335 e. The molecule has 6 nitrogen and oxygen atoms in total. The van der Waals surface area contributed by atoms with E-state index in [1.54, 1.807) is 35.0 Å². The van der Waals surface area contributed by atoms with Crippen LogP contribution in [0.5, 0.6) is 0 Å². The van der Waals surface area contributed by atoms with Crippen LogP contribution in [0.25, 0.3) is 22.6 Å². The zero-order chi connectivity index (χ0) is 20.9. The van der Waals surface area contributed by atoms with E-state index in [4.69, 9.17) is 0 Å². The lowest BCUT2D eigenvalue weighted by molar-refractivity contribution is 0.0302. The zero-order valence-electron chi connectivity index (χ0n) is 16.2. The minimum absolute atomic E-state index is 0.204. The molecule has 0 N–H and O–H groups in total. The molecule has 9 heteroatoms. The average molecular weight is 422 g/mol. The molecule has 0 bridgehead atoms. The van der Waals surface area contributed by atoms with E-state index in [1.807, 2.05) is 12.1 Å². The maximum absolute atomic E-state index is 15.4. The van der Waals surface area contributed by atoms with Crippen molar-refractivity contribution in [1.82, 2.24) is 29.2 Å². The fourth-order valence-corrected chi connectivity index (χ4v) is 4.05. The van der Waals surface area contributed by atoms with Gasteiger partial charge in [-0.15, -0.1) is 10.2 Å². The molecular weight excluding hydrogens is 405 g/mol. The lowest BCUT2D eigenvalue weighted by Crippen LogP contribution is -2.21. The number of aromatic nitrogens is 6. The number of hydrogen-bond donors (Lipinski definition) is 0. The SMILES string of the molecule is CP(C)c1ccc(-c2ccc3nnc(C(F)(F)c4ccc5nccn5c4)n3n2)cc1. The summed E-state index contributed by atoms with van der Waals surface area (Å²) in [6.07, 6.45) is 4.53. The Balaban J connectivity index is 1.59. The van der Waals surface area contributed by atoms with Crippen molar-refractivity contribution in [2.24, 2.45) is 0 Å². The van der Waals surface area contributed by atoms with Crippen LogP contribution in [0.4, 0.5) is 8.78 Å². The first-order valence-corrected chi connectivity index (χ1v) is 11.5. The summed E-state index contributed by atoms with van der Waals surface area (Å²) in [7, 11) is -0.204. The van der Waals surface area contributed by atoms with Crippen LogP contribution in [0.2, 0.25) is 0 Å². The van der Waals surface area contributed by atoms with E-state index in [9.17, 15) is 0 Å². The van der Waals surface area contributed by atoms with Gasteiger partial charge in [0.05, 0.1) is 5.69 Å². The van der Waals surface area contributed by atoms with Crippen LogP contribution in [-0.4, -0.2) is 42.5 Å². The number of alkyl halides is 2. The van der Waals surface area contributed by atoms with Crippen molar-refractivity contribution in [3.8, 4) is 11.3 Å². The molecule has 0 aliphatic carbocycles. The Kier molecular flexibility index (Phi) is 4.33. The maximum Gasteiger partial charge on any atom is 0.335 e. The topological polar surface area (TPSA) is 60.4 Å². The molecule has 1 aromatic carbocycles. The van der Waals surface area contributed by atoms with E-state index in [2.05, 4.69) is 45.7 Å². The fourth-order valence-electron chi connectivity index (χ4n) is 3.30. The molecule has 0 amide bonds. The predicted molar refractivity (Wildman–Crippen MR) is 113 cm³/mol. The number of benzene rings is 1. The smallest absolute Gasteiger partial charge is 0.307 e. The average Bonchev–Trinajstić information content (AvgIpc) is 3.39. The number of fused-ring (bicyclic) bond motifs is 2. The summed E-state index contributed by atoms with van der Waals surface area (Å²) in [5.41, 5.74) is 2.07. The van der Waals surface area contributed by atoms with Gasteiger partial charge in [0.2, 0.25) is 5.82 Å². The van der Waals surface area contributed by atoms with Crippen molar-refractivity contribution in [2.75, 3.05) is 13.3 Å². The predicted octanol–water partition coefficient (Wildman–Crippen LogP) is 3.95. The van der Waals surface area contributed by atoms with E-state index >= 15 is 8.78 Å². The van der Waals surface area contributed by atoms with Gasteiger partial charge in [-0.3, -0.25) is 0 Å². The number of halogens is 2. The van der Waals surface area contributed by atoms with Crippen molar-refractivity contribution in [1.29, 1.82) is 0 Å². The van der Waals surface area contributed by atoms with Gasteiger partial charge in [-0.25, -0.2) is 4.98 Å². The lowest BCUT2D eigenvalue weighted by Gasteiger charge is -2.15. The maximum atomic E-state index is 15.4. The molecule has 5 aromatic rings. The minimum Gasteiger partial charge on any atom is -0.307 e. The number of pyridine rings is 1. The van der Waals surface area contributed by atoms with Crippen LogP contribution in [0.15, 0.2) is 67.1 Å². The van der Waals surface area contributed by atoms with Crippen LogP contribution < -0.4 is 5.30 Å². The number of nitrogens with zero attached hydrogens (tertiary/aromatic N) is 6. The van der Waals surface area contributed by atoms with Gasteiger partial charge in [-0.2, -0.15) is 18.4 Å². The molecule has 5 rings (SSSR count). The monoisotopic (exact) mass is 422 g/mol. The molecule has 0 atom stereocenters. The lowest BCUT2D eigenvalue weighted by atomic mass is 10.1. The molecule has 30 heavy (non-hydrogen) atoms. The molecule has 4 heterocycles. The Bertz CT molecular complexity index is 1360. The summed E-state index contributed by atoms with van der Waals surface area (Å²) >= 11 is 0. The molecule has 0 aliphatic heterocycles. The second-order valence-corrected chi connectivity index (χ2v) is 9.44. The quantitative estimate of drug-likeness (QED) is 0.412. The second kappa shape index (κ2) is 6.92. The van der Waals surface area contributed by atoms with Gasteiger partial charge in [-0.1, -0.05) is 32.2 Å². The summed E-state index contributed by atoms with van der Waals surface area (Å²) in [6.45, 7) is 4.36. The van der Waals surface area contributed by atoms with Crippen LogP contribution in [0.3, 0.4) is 0 Å². The molecule has 150 valence electrons. The van der Waals surface area contributed by atoms with Gasteiger partial charge < -0.3 is 4.40 Å². The van der Waals surface area contributed by atoms with Gasteiger partial charge in [0.15, 0.2) is 5.65 Å². The summed E-state index contributed by atoms with van der Waals surface area (Å²) < 4.78 is 33.4. The zero-order valence-corrected chi connectivity index (χ0v) is 17.1. The van der Waals surface area contributed by atoms with Gasteiger partial charge in [0.1, 0.15) is 5.65 Å². The summed E-state index contributed by atoms with van der Waals surface area (Å²) in [4.78, 5) is 4.09. The third kappa shape index (κ3) is 3.04. The van der Waals surface area contributed by atoms with Gasteiger partial charge in [-0.05, 0) is 42.9 Å². The minimum atomic E-state index is -3.38. The van der Waals surface area contributed by atoms with Gasteiger partial charge in [0, 0.05) is 29.7 Å². The number of rotatable bonds is 4.